The maximum atomic E-state index is 4.62. The first-order valence-electron chi connectivity index (χ1n) is 7.98. The number of anilines is 3. The van der Waals surface area contributed by atoms with Crippen LogP contribution in [0.3, 0.4) is 0 Å². The maximum absolute atomic E-state index is 4.62. The molecule has 0 bridgehead atoms. The molecule has 25 heavy (non-hydrogen) atoms. The largest absolute Gasteiger partial charge is 0.363 e. The number of piperazine rings is 1. The van der Waals surface area contributed by atoms with Crippen LogP contribution in [-0.4, -0.2) is 70.4 Å². The number of hydrogen-bond acceptors (Lipinski definition) is 8. The fourth-order valence-electron chi connectivity index (χ4n) is 2.91. The van der Waals surface area contributed by atoms with Crippen LogP contribution in [0.2, 0.25) is 0 Å². The molecule has 1 saturated heterocycles. The van der Waals surface area contributed by atoms with Crippen molar-refractivity contribution in [3.05, 3.63) is 23.2 Å². The van der Waals surface area contributed by atoms with Gasteiger partial charge in [-0.05, 0) is 22.0 Å². The van der Waals surface area contributed by atoms with E-state index < -0.39 is 0 Å². The predicted molar refractivity (Wildman–Crippen MR) is 100 cm³/mol. The molecule has 0 atom stereocenters. The van der Waals surface area contributed by atoms with Gasteiger partial charge in [0.2, 0.25) is 5.95 Å². The lowest BCUT2D eigenvalue weighted by atomic mass is 10.3. The topological polar surface area (TPSA) is 90.0 Å². The number of aromatic nitrogens is 6. The van der Waals surface area contributed by atoms with Crippen molar-refractivity contribution >= 4 is 44.5 Å². The number of fused-ring (bicyclic) bond motifs is 1. The summed E-state index contributed by atoms with van der Waals surface area (Å²) < 4.78 is 0.738. The van der Waals surface area contributed by atoms with E-state index in [2.05, 4.69) is 55.9 Å². The number of H-pyrrole nitrogens is 1. The Kier molecular flexibility index (Phi) is 4.12. The number of aromatic amines is 1. The Balaban J connectivity index is 1.53. The van der Waals surface area contributed by atoms with Crippen LogP contribution in [0.4, 0.5) is 17.6 Å². The van der Waals surface area contributed by atoms with Gasteiger partial charge in [-0.25, -0.2) is 15.0 Å². The second kappa shape index (κ2) is 6.43. The minimum Gasteiger partial charge on any atom is -0.363 e. The molecular weight excluding hydrogens is 386 g/mol. The van der Waals surface area contributed by atoms with Gasteiger partial charge < -0.3 is 14.7 Å². The van der Waals surface area contributed by atoms with E-state index in [1.54, 1.807) is 12.5 Å². The zero-order valence-corrected chi connectivity index (χ0v) is 15.6. The normalized spacial score (nSPS) is 15.0. The van der Waals surface area contributed by atoms with Crippen molar-refractivity contribution < 1.29 is 0 Å². The van der Waals surface area contributed by atoms with Crippen molar-refractivity contribution in [3.63, 3.8) is 0 Å². The molecule has 4 rings (SSSR count). The van der Waals surface area contributed by atoms with E-state index >= 15 is 0 Å². The van der Waals surface area contributed by atoms with Crippen molar-refractivity contribution in [1.29, 1.82) is 0 Å². The van der Waals surface area contributed by atoms with Gasteiger partial charge in [0.1, 0.15) is 22.6 Å². The molecule has 10 heteroatoms. The molecule has 0 aliphatic carbocycles. The van der Waals surface area contributed by atoms with Crippen LogP contribution in [0.5, 0.6) is 0 Å². The van der Waals surface area contributed by atoms with Gasteiger partial charge in [-0.1, -0.05) is 0 Å². The highest BCUT2D eigenvalue weighted by molar-refractivity contribution is 9.10. The Hall–Kier alpha value is -2.49. The van der Waals surface area contributed by atoms with E-state index in [0.29, 0.717) is 0 Å². The molecule has 4 heterocycles. The smallest absolute Gasteiger partial charge is 0.227 e. The van der Waals surface area contributed by atoms with Crippen LogP contribution in [-0.2, 0) is 0 Å². The quantitative estimate of drug-likeness (QED) is 0.699. The molecule has 130 valence electrons. The van der Waals surface area contributed by atoms with Crippen molar-refractivity contribution in [2.75, 3.05) is 55.0 Å². The van der Waals surface area contributed by atoms with Crippen LogP contribution in [0.15, 0.2) is 23.2 Å². The van der Waals surface area contributed by atoms with E-state index in [1.165, 1.54) is 0 Å². The first-order chi connectivity index (χ1) is 12.1. The fourth-order valence-corrected chi connectivity index (χ4v) is 3.36. The van der Waals surface area contributed by atoms with E-state index in [9.17, 15) is 0 Å². The summed E-state index contributed by atoms with van der Waals surface area (Å²) in [5, 5.41) is 7.99. The monoisotopic (exact) mass is 403 g/mol. The number of rotatable bonds is 3. The third-order valence-corrected chi connectivity index (χ3v) is 4.82. The summed E-state index contributed by atoms with van der Waals surface area (Å²) in [5.41, 5.74) is 0.737. The molecule has 9 nitrogen and oxygen atoms in total. The number of halogens is 1. The Morgan fingerprint density at radius 3 is 2.60 bits per heavy atom. The molecule has 0 aromatic carbocycles. The van der Waals surface area contributed by atoms with Crippen LogP contribution in [0.1, 0.15) is 0 Å². The lowest BCUT2D eigenvalue weighted by molar-refractivity contribution is 0.635. The molecule has 0 amide bonds. The van der Waals surface area contributed by atoms with Crippen LogP contribution in [0, 0.1) is 0 Å². The highest BCUT2D eigenvalue weighted by Crippen LogP contribution is 2.29. The molecule has 1 aliphatic heterocycles. The molecule has 1 N–H and O–H groups in total. The molecule has 1 aliphatic rings. The zero-order chi connectivity index (χ0) is 17.4. The number of nitrogens with one attached hydrogen (secondary N) is 1. The van der Waals surface area contributed by atoms with E-state index in [1.807, 2.05) is 25.1 Å². The van der Waals surface area contributed by atoms with Gasteiger partial charge in [-0.3, -0.25) is 5.10 Å². The van der Waals surface area contributed by atoms with Crippen LogP contribution < -0.4 is 14.7 Å². The Morgan fingerprint density at radius 1 is 1.08 bits per heavy atom. The van der Waals surface area contributed by atoms with Gasteiger partial charge in [0.25, 0.3) is 0 Å². The highest BCUT2D eigenvalue weighted by atomic mass is 79.9. The van der Waals surface area contributed by atoms with Crippen LogP contribution >= 0.6 is 15.9 Å². The molecule has 0 spiro atoms. The Labute approximate surface area is 153 Å². The minimum absolute atomic E-state index is 0.737. The second-order valence-electron chi connectivity index (χ2n) is 6.02. The molecule has 1 fully saturated rings. The molecular formula is C15H18BrN9. The first-order valence-corrected chi connectivity index (χ1v) is 8.77. The zero-order valence-electron chi connectivity index (χ0n) is 14.0. The molecule has 0 saturated carbocycles. The standard InChI is InChI=1S/C15H18BrN9/c1-23(2)10-3-4-17-15(20-10)25-7-5-24(6-8-25)14-11-12(16)21-22-13(11)18-9-19-14/h3-4,9H,5-8H2,1-2H3,(H,18,19,21,22). The van der Waals surface area contributed by atoms with Gasteiger partial charge in [0.05, 0.1) is 5.39 Å². The van der Waals surface area contributed by atoms with Gasteiger partial charge in [-0.15, -0.1) is 0 Å². The third kappa shape index (κ3) is 2.97. The Morgan fingerprint density at radius 2 is 1.84 bits per heavy atom. The average Bonchev–Trinajstić information content (AvgIpc) is 3.03. The van der Waals surface area contributed by atoms with Crippen molar-refractivity contribution in [2.24, 2.45) is 0 Å². The van der Waals surface area contributed by atoms with Crippen LogP contribution in [0.25, 0.3) is 11.0 Å². The number of nitrogens with zero attached hydrogens (tertiary/aromatic N) is 8. The summed E-state index contributed by atoms with van der Waals surface area (Å²) in [6, 6.07) is 1.91. The van der Waals surface area contributed by atoms with E-state index in [-0.39, 0.29) is 0 Å². The summed E-state index contributed by atoms with van der Waals surface area (Å²) in [5.74, 6) is 2.57. The van der Waals surface area contributed by atoms with Crippen molar-refractivity contribution in [1.82, 2.24) is 30.1 Å². The SMILES string of the molecule is CN(C)c1ccnc(N2CCN(c3ncnc4[nH]nc(Br)c34)CC2)n1. The van der Waals surface area contributed by atoms with E-state index in [4.69, 9.17) is 0 Å². The van der Waals surface area contributed by atoms with E-state index in [0.717, 1.165) is 59.4 Å². The van der Waals surface area contributed by atoms with Crippen molar-refractivity contribution in [3.8, 4) is 0 Å². The fraction of sp³-hybridized carbons (Fsp3) is 0.400. The minimum atomic E-state index is 0.737. The lowest BCUT2D eigenvalue weighted by Gasteiger charge is -2.35. The van der Waals surface area contributed by atoms with Crippen molar-refractivity contribution in [2.45, 2.75) is 0 Å². The third-order valence-electron chi connectivity index (χ3n) is 4.24. The summed E-state index contributed by atoms with van der Waals surface area (Å²) in [4.78, 5) is 24.2. The molecule has 0 radical (unpaired) electrons. The summed E-state index contributed by atoms with van der Waals surface area (Å²) in [7, 11) is 3.96. The van der Waals surface area contributed by atoms with Gasteiger partial charge in [-0.2, -0.15) is 10.1 Å². The second-order valence-corrected chi connectivity index (χ2v) is 6.77. The highest BCUT2D eigenvalue weighted by Gasteiger charge is 2.23. The predicted octanol–water partition coefficient (Wildman–Crippen LogP) is 1.30. The molecule has 0 unspecified atom stereocenters. The molecule has 3 aromatic heterocycles. The summed E-state index contributed by atoms with van der Waals surface area (Å²) in [6.07, 6.45) is 3.37. The van der Waals surface area contributed by atoms with Gasteiger partial charge in [0.15, 0.2) is 5.65 Å². The summed E-state index contributed by atoms with van der Waals surface area (Å²) >= 11 is 3.47. The number of hydrogen-bond donors (Lipinski definition) is 1. The Bertz CT molecular complexity index is 886. The van der Waals surface area contributed by atoms with Gasteiger partial charge in [0, 0.05) is 46.5 Å². The maximum Gasteiger partial charge on any atom is 0.227 e. The average molecular weight is 404 g/mol. The van der Waals surface area contributed by atoms with Gasteiger partial charge >= 0.3 is 0 Å². The molecule has 3 aromatic rings. The summed E-state index contributed by atoms with van der Waals surface area (Å²) in [6.45, 7) is 3.33. The lowest BCUT2D eigenvalue weighted by Crippen LogP contribution is -2.47. The first kappa shape index (κ1) is 16.0.